The van der Waals surface area contributed by atoms with E-state index in [0.29, 0.717) is 31.9 Å². The summed E-state index contributed by atoms with van der Waals surface area (Å²) in [6.45, 7) is 1.74. The lowest BCUT2D eigenvalue weighted by Gasteiger charge is -2.35. The number of aromatic nitrogens is 1. The zero-order valence-corrected chi connectivity index (χ0v) is 12.1. The largest absolute Gasteiger partial charge is 0.459 e. The molecule has 5 nitrogen and oxygen atoms in total. The lowest BCUT2D eigenvalue weighted by molar-refractivity contribution is -0.141. The van der Waals surface area contributed by atoms with Crippen molar-refractivity contribution in [1.82, 2.24) is 9.88 Å². The maximum absolute atomic E-state index is 12.7. The summed E-state index contributed by atoms with van der Waals surface area (Å²) >= 11 is 0. The summed E-state index contributed by atoms with van der Waals surface area (Å²) in [4.78, 5) is 18.9. The molecule has 0 N–H and O–H groups in total. The molecule has 0 radical (unpaired) electrons. The van der Waals surface area contributed by atoms with Crippen molar-refractivity contribution in [2.45, 2.75) is 6.18 Å². The maximum atomic E-state index is 12.7. The van der Waals surface area contributed by atoms with E-state index in [9.17, 15) is 18.0 Å². The van der Waals surface area contributed by atoms with Crippen molar-refractivity contribution >= 4 is 11.6 Å². The van der Waals surface area contributed by atoms with Gasteiger partial charge in [0, 0.05) is 38.1 Å². The van der Waals surface area contributed by atoms with Crippen LogP contribution in [-0.4, -0.2) is 42.0 Å². The number of alkyl halides is 3. The fourth-order valence-corrected chi connectivity index (χ4v) is 2.49. The average molecular weight is 325 g/mol. The molecule has 1 amide bonds. The van der Waals surface area contributed by atoms with Gasteiger partial charge in [-0.1, -0.05) is 0 Å². The van der Waals surface area contributed by atoms with Gasteiger partial charge in [-0.15, -0.1) is 0 Å². The van der Waals surface area contributed by atoms with Crippen LogP contribution in [0.1, 0.15) is 16.2 Å². The van der Waals surface area contributed by atoms with Gasteiger partial charge in [0.1, 0.15) is 5.69 Å². The molecule has 122 valence electrons. The number of carbonyl (C=O) groups is 1. The molecule has 1 saturated heterocycles. The standard InChI is InChI=1S/C15H14F3N3O2/c16-15(17,18)13-10-11(3-4-19-13)20-5-7-21(8-6-20)14(22)12-2-1-9-23-12/h1-4,9-10H,5-8H2. The van der Waals surface area contributed by atoms with Crippen LogP contribution in [0.15, 0.2) is 41.1 Å². The van der Waals surface area contributed by atoms with Crippen LogP contribution < -0.4 is 4.90 Å². The van der Waals surface area contributed by atoms with Crippen molar-refractivity contribution in [2.24, 2.45) is 0 Å². The second kappa shape index (κ2) is 5.94. The first-order valence-corrected chi connectivity index (χ1v) is 7.06. The summed E-state index contributed by atoms with van der Waals surface area (Å²) < 4.78 is 43.2. The number of anilines is 1. The Morgan fingerprint density at radius 1 is 1.17 bits per heavy atom. The number of carbonyl (C=O) groups excluding carboxylic acids is 1. The van der Waals surface area contributed by atoms with Gasteiger partial charge in [0.15, 0.2) is 5.76 Å². The molecular weight excluding hydrogens is 311 g/mol. The summed E-state index contributed by atoms with van der Waals surface area (Å²) in [6, 6.07) is 5.80. The number of rotatable bonds is 2. The lowest BCUT2D eigenvalue weighted by Crippen LogP contribution is -2.48. The Morgan fingerprint density at radius 2 is 1.91 bits per heavy atom. The third-order valence-corrected chi connectivity index (χ3v) is 3.70. The number of hydrogen-bond acceptors (Lipinski definition) is 4. The number of amides is 1. The monoisotopic (exact) mass is 325 g/mol. The quantitative estimate of drug-likeness (QED) is 0.852. The predicted octanol–water partition coefficient (Wildman–Crippen LogP) is 2.66. The Morgan fingerprint density at radius 3 is 2.52 bits per heavy atom. The summed E-state index contributed by atoms with van der Waals surface area (Å²) in [6.07, 6.45) is -1.88. The smallest absolute Gasteiger partial charge is 0.433 e. The number of nitrogens with zero attached hydrogens (tertiary/aromatic N) is 3. The first kappa shape index (κ1) is 15.4. The van der Waals surface area contributed by atoms with Gasteiger partial charge in [0.05, 0.1) is 6.26 Å². The van der Waals surface area contributed by atoms with Crippen LogP contribution in [0, 0.1) is 0 Å². The highest BCUT2D eigenvalue weighted by Crippen LogP contribution is 2.30. The van der Waals surface area contributed by atoms with Crippen LogP contribution in [0.2, 0.25) is 0 Å². The van der Waals surface area contributed by atoms with Crippen LogP contribution >= 0.6 is 0 Å². The van der Waals surface area contributed by atoms with E-state index in [2.05, 4.69) is 4.98 Å². The molecule has 0 aliphatic carbocycles. The highest BCUT2D eigenvalue weighted by molar-refractivity contribution is 5.91. The molecule has 0 spiro atoms. The fourth-order valence-electron chi connectivity index (χ4n) is 2.49. The zero-order chi connectivity index (χ0) is 16.4. The van der Waals surface area contributed by atoms with Gasteiger partial charge in [-0.05, 0) is 24.3 Å². The Kier molecular flexibility index (Phi) is 3.97. The highest BCUT2D eigenvalue weighted by Gasteiger charge is 2.33. The van der Waals surface area contributed by atoms with E-state index in [-0.39, 0.29) is 11.7 Å². The van der Waals surface area contributed by atoms with Gasteiger partial charge in [0.25, 0.3) is 5.91 Å². The summed E-state index contributed by atoms with van der Waals surface area (Å²) in [5.74, 6) is 0.0575. The fraction of sp³-hybridized carbons (Fsp3) is 0.333. The van der Waals surface area contributed by atoms with E-state index in [0.717, 1.165) is 12.3 Å². The van der Waals surface area contributed by atoms with Crippen LogP contribution in [0.5, 0.6) is 0 Å². The number of pyridine rings is 1. The van der Waals surface area contributed by atoms with E-state index >= 15 is 0 Å². The second-order valence-corrected chi connectivity index (χ2v) is 5.15. The molecule has 0 atom stereocenters. The molecule has 3 heterocycles. The first-order chi connectivity index (χ1) is 10.9. The molecule has 0 unspecified atom stereocenters. The minimum Gasteiger partial charge on any atom is -0.459 e. The molecule has 2 aromatic rings. The highest BCUT2D eigenvalue weighted by atomic mass is 19.4. The van der Waals surface area contributed by atoms with Gasteiger partial charge < -0.3 is 14.2 Å². The average Bonchev–Trinajstić information content (AvgIpc) is 3.08. The molecule has 0 aromatic carbocycles. The van der Waals surface area contributed by atoms with Crippen molar-refractivity contribution in [3.63, 3.8) is 0 Å². The normalized spacial score (nSPS) is 15.8. The van der Waals surface area contributed by atoms with E-state index in [4.69, 9.17) is 4.42 Å². The minimum atomic E-state index is -4.47. The van der Waals surface area contributed by atoms with Crippen LogP contribution in [-0.2, 0) is 6.18 Å². The maximum Gasteiger partial charge on any atom is 0.433 e. The summed E-state index contributed by atoms with van der Waals surface area (Å²) in [5, 5.41) is 0. The van der Waals surface area contributed by atoms with E-state index < -0.39 is 11.9 Å². The molecule has 2 aromatic heterocycles. The van der Waals surface area contributed by atoms with E-state index in [1.54, 1.807) is 23.1 Å². The number of furan rings is 1. The van der Waals surface area contributed by atoms with Crippen LogP contribution in [0.3, 0.4) is 0 Å². The van der Waals surface area contributed by atoms with Crippen LogP contribution in [0.25, 0.3) is 0 Å². The predicted molar refractivity (Wildman–Crippen MR) is 76.1 cm³/mol. The molecule has 8 heteroatoms. The lowest BCUT2D eigenvalue weighted by atomic mass is 10.2. The first-order valence-electron chi connectivity index (χ1n) is 7.06. The third kappa shape index (κ3) is 3.30. The third-order valence-electron chi connectivity index (χ3n) is 3.70. The molecule has 23 heavy (non-hydrogen) atoms. The summed E-state index contributed by atoms with van der Waals surface area (Å²) in [5.41, 5.74) is -0.457. The Bertz CT molecular complexity index is 678. The number of piperazine rings is 1. The minimum absolute atomic E-state index is 0.208. The summed E-state index contributed by atoms with van der Waals surface area (Å²) in [7, 11) is 0. The molecule has 0 saturated carbocycles. The topological polar surface area (TPSA) is 49.6 Å². The molecule has 1 aliphatic rings. The van der Waals surface area contributed by atoms with Gasteiger partial charge in [-0.3, -0.25) is 9.78 Å². The molecule has 0 bridgehead atoms. The van der Waals surface area contributed by atoms with Crippen molar-refractivity contribution in [3.8, 4) is 0 Å². The van der Waals surface area contributed by atoms with Crippen molar-refractivity contribution in [3.05, 3.63) is 48.2 Å². The van der Waals surface area contributed by atoms with E-state index in [1.807, 2.05) is 4.90 Å². The number of hydrogen-bond donors (Lipinski definition) is 0. The van der Waals surface area contributed by atoms with Crippen molar-refractivity contribution in [2.75, 3.05) is 31.1 Å². The Labute approximate surface area is 130 Å². The van der Waals surface area contributed by atoms with Crippen molar-refractivity contribution in [1.29, 1.82) is 0 Å². The SMILES string of the molecule is O=C(c1ccco1)N1CCN(c2ccnc(C(F)(F)F)c2)CC1. The van der Waals surface area contributed by atoms with E-state index in [1.165, 1.54) is 6.26 Å². The van der Waals surface area contributed by atoms with Gasteiger partial charge in [0.2, 0.25) is 0 Å². The molecular formula is C15H14F3N3O2. The van der Waals surface area contributed by atoms with Gasteiger partial charge >= 0.3 is 6.18 Å². The Balaban J connectivity index is 1.66. The molecule has 1 fully saturated rings. The number of halogens is 3. The van der Waals surface area contributed by atoms with Gasteiger partial charge in [-0.25, -0.2) is 0 Å². The Hall–Kier alpha value is -2.51. The zero-order valence-electron chi connectivity index (χ0n) is 12.1. The van der Waals surface area contributed by atoms with Crippen molar-refractivity contribution < 1.29 is 22.4 Å². The van der Waals surface area contributed by atoms with Crippen LogP contribution in [0.4, 0.5) is 18.9 Å². The second-order valence-electron chi connectivity index (χ2n) is 5.15. The van der Waals surface area contributed by atoms with Gasteiger partial charge in [-0.2, -0.15) is 13.2 Å². The molecule has 3 rings (SSSR count). The molecule has 1 aliphatic heterocycles.